The molecule has 1 N–H and O–H groups in total. The lowest BCUT2D eigenvalue weighted by Gasteiger charge is -2.01. The predicted octanol–water partition coefficient (Wildman–Crippen LogP) is 2.30. The molecule has 15 heavy (non-hydrogen) atoms. The first-order valence-electron chi connectivity index (χ1n) is 4.82. The van der Waals surface area contributed by atoms with Gasteiger partial charge < -0.3 is 5.32 Å². The second-order valence-corrected chi connectivity index (χ2v) is 4.12. The fourth-order valence-corrected chi connectivity index (χ4v) is 1.89. The molecule has 0 spiro atoms. The molecule has 0 saturated carbocycles. The molecule has 0 amide bonds. The molecule has 0 atom stereocenters. The number of rotatable bonds is 6. The van der Waals surface area contributed by atoms with E-state index < -0.39 is 0 Å². The summed E-state index contributed by atoms with van der Waals surface area (Å²) >= 11 is 1.70. The van der Waals surface area contributed by atoms with Gasteiger partial charge in [0.05, 0.1) is 4.92 Å². The third-order valence-corrected chi connectivity index (χ3v) is 2.86. The highest BCUT2D eigenvalue weighted by Gasteiger charge is 2.03. The average Bonchev–Trinajstić information content (AvgIpc) is 2.25. The van der Waals surface area contributed by atoms with E-state index in [9.17, 15) is 10.1 Å². The van der Waals surface area contributed by atoms with Gasteiger partial charge in [-0.1, -0.05) is 6.92 Å². The van der Waals surface area contributed by atoms with E-state index in [1.54, 1.807) is 23.9 Å². The van der Waals surface area contributed by atoms with Gasteiger partial charge in [-0.15, -0.1) is 11.8 Å². The Morgan fingerprint density at radius 2 is 2.07 bits per heavy atom. The van der Waals surface area contributed by atoms with Crippen LogP contribution in [0.5, 0.6) is 0 Å². The van der Waals surface area contributed by atoms with Crippen LogP contribution in [0.25, 0.3) is 0 Å². The maximum atomic E-state index is 10.4. The average molecular weight is 226 g/mol. The molecular weight excluding hydrogens is 212 g/mol. The third kappa shape index (κ3) is 4.31. The number of hydrogen-bond donors (Lipinski definition) is 1. The Balaban J connectivity index is 2.39. The quantitative estimate of drug-likeness (QED) is 0.350. The number of non-ortho nitro benzene ring substituents is 1. The summed E-state index contributed by atoms with van der Waals surface area (Å²) in [4.78, 5) is 11.1. The summed E-state index contributed by atoms with van der Waals surface area (Å²) in [7, 11) is 0. The minimum absolute atomic E-state index is 0.144. The highest BCUT2D eigenvalue weighted by molar-refractivity contribution is 7.99. The second kappa shape index (κ2) is 6.42. The van der Waals surface area contributed by atoms with E-state index in [1.807, 2.05) is 0 Å². The Labute approximate surface area is 93.2 Å². The number of thioether (sulfide) groups is 1. The van der Waals surface area contributed by atoms with E-state index in [0.717, 1.165) is 23.7 Å². The normalized spacial score (nSPS) is 10.2. The van der Waals surface area contributed by atoms with Gasteiger partial charge in [-0.25, -0.2) is 0 Å². The van der Waals surface area contributed by atoms with Gasteiger partial charge >= 0.3 is 0 Å². The zero-order valence-corrected chi connectivity index (χ0v) is 9.42. The van der Waals surface area contributed by atoms with Gasteiger partial charge in [-0.2, -0.15) is 0 Å². The summed E-state index contributed by atoms with van der Waals surface area (Å²) in [6.45, 7) is 4.00. The Morgan fingerprint density at radius 1 is 1.40 bits per heavy atom. The Morgan fingerprint density at radius 3 is 2.60 bits per heavy atom. The van der Waals surface area contributed by atoms with Crippen LogP contribution in [0.3, 0.4) is 0 Å². The summed E-state index contributed by atoms with van der Waals surface area (Å²) in [5.41, 5.74) is 0.144. The van der Waals surface area contributed by atoms with Crippen LogP contribution in [0.15, 0.2) is 29.2 Å². The van der Waals surface area contributed by atoms with Crippen LogP contribution in [0, 0.1) is 10.1 Å². The Kier molecular flexibility index (Phi) is 5.14. The Bertz CT molecular complexity index is 314. The summed E-state index contributed by atoms with van der Waals surface area (Å²) in [6.07, 6.45) is 0. The van der Waals surface area contributed by atoms with Crippen molar-refractivity contribution in [3.8, 4) is 0 Å². The van der Waals surface area contributed by atoms with E-state index in [0.29, 0.717) is 0 Å². The van der Waals surface area contributed by atoms with Gasteiger partial charge in [0.25, 0.3) is 5.69 Å². The number of nitrogens with one attached hydrogen (secondary N) is 1. The highest BCUT2D eigenvalue weighted by atomic mass is 32.2. The second-order valence-electron chi connectivity index (χ2n) is 2.95. The SMILES string of the molecule is CCNCCSc1ccc([N+](=O)[O-])cc1. The van der Waals surface area contributed by atoms with Crippen LogP contribution >= 0.6 is 11.8 Å². The van der Waals surface area contributed by atoms with Crippen molar-refractivity contribution in [3.05, 3.63) is 34.4 Å². The van der Waals surface area contributed by atoms with Crippen molar-refractivity contribution in [3.63, 3.8) is 0 Å². The van der Waals surface area contributed by atoms with Crippen LogP contribution in [0.1, 0.15) is 6.92 Å². The molecule has 1 aromatic rings. The maximum absolute atomic E-state index is 10.4. The number of nitro groups is 1. The molecule has 0 aliphatic rings. The molecule has 0 saturated heterocycles. The van der Waals surface area contributed by atoms with Crippen molar-refractivity contribution >= 4 is 17.4 Å². The van der Waals surface area contributed by atoms with Crippen LogP contribution in [0.2, 0.25) is 0 Å². The van der Waals surface area contributed by atoms with E-state index in [2.05, 4.69) is 12.2 Å². The summed E-state index contributed by atoms with van der Waals surface area (Å²) in [5, 5.41) is 13.6. The van der Waals surface area contributed by atoms with E-state index in [1.165, 1.54) is 12.1 Å². The van der Waals surface area contributed by atoms with Gasteiger partial charge in [0.15, 0.2) is 0 Å². The minimum atomic E-state index is -0.382. The van der Waals surface area contributed by atoms with Crippen molar-refractivity contribution in [1.82, 2.24) is 5.32 Å². The first-order chi connectivity index (χ1) is 7.24. The molecule has 5 heteroatoms. The molecule has 1 rings (SSSR count). The third-order valence-electron chi connectivity index (χ3n) is 1.85. The molecule has 0 fully saturated rings. The molecule has 0 unspecified atom stereocenters. The predicted molar refractivity (Wildman–Crippen MR) is 62.4 cm³/mol. The van der Waals surface area contributed by atoms with Crippen molar-refractivity contribution in [2.45, 2.75) is 11.8 Å². The summed E-state index contributed by atoms with van der Waals surface area (Å²) in [5.74, 6) is 0.978. The van der Waals surface area contributed by atoms with Crippen molar-refractivity contribution in [1.29, 1.82) is 0 Å². The van der Waals surface area contributed by atoms with Crippen molar-refractivity contribution < 1.29 is 4.92 Å². The van der Waals surface area contributed by atoms with Crippen LogP contribution < -0.4 is 5.32 Å². The van der Waals surface area contributed by atoms with Crippen molar-refractivity contribution in [2.75, 3.05) is 18.8 Å². The topological polar surface area (TPSA) is 55.2 Å². The number of hydrogen-bond acceptors (Lipinski definition) is 4. The van der Waals surface area contributed by atoms with Gasteiger partial charge in [-0.05, 0) is 18.7 Å². The number of nitro benzene ring substituents is 1. The fraction of sp³-hybridized carbons (Fsp3) is 0.400. The lowest BCUT2D eigenvalue weighted by atomic mass is 10.3. The molecule has 0 bridgehead atoms. The standard InChI is InChI=1S/C10H14N2O2S/c1-2-11-7-8-15-10-5-3-9(4-6-10)12(13)14/h3-6,11H,2,7-8H2,1H3. The molecule has 0 aromatic heterocycles. The first kappa shape index (κ1) is 12.0. The van der Waals surface area contributed by atoms with Gasteiger partial charge in [-0.3, -0.25) is 10.1 Å². The largest absolute Gasteiger partial charge is 0.316 e. The smallest absolute Gasteiger partial charge is 0.269 e. The lowest BCUT2D eigenvalue weighted by Crippen LogP contribution is -2.15. The minimum Gasteiger partial charge on any atom is -0.316 e. The maximum Gasteiger partial charge on any atom is 0.269 e. The Hall–Kier alpha value is -1.07. The van der Waals surface area contributed by atoms with E-state index >= 15 is 0 Å². The molecule has 0 aliphatic heterocycles. The number of nitrogens with zero attached hydrogens (tertiary/aromatic N) is 1. The van der Waals surface area contributed by atoms with Crippen molar-refractivity contribution in [2.24, 2.45) is 0 Å². The summed E-state index contributed by atoms with van der Waals surface area (Å²) < 4.78 is 0. The molecular formula is C10H14N2O2S. The molecule has 4 nitrogen and oxygen atoms in total. The zero-order valence-electron chi connectivity index (χ0n) is 8.60. The molecule has 0 aliphatic carbocycles. The fourth-order valence-electron chi connectivity index (χ4n) is 1.08. The lowest BCUT2D eigenvalue weighted by molar-refractivity contribution is -0.384. The zero-order chi connectivity index (χ0) is 11.1. The highest BCUT2D eigenvalue weighted by Crippen LogP contribution is 2.20. The molecule has 0 radical (unpaired) electrons. The molecule has 1 aromatic carbocycles. The molecule has 82 valence electrons. The van der Waals surface area contributed by atoms with Gasteiger partial charge in [0, 0.05) is 29.3 Å². The monoisotopic (exact) mass is 226 g/mol. The van der Waals surface area contributed by atoms with E-state index in [4.69, 9.17) is 0 Å². The number of benzene rings is 1. The van der Waals surface area contributed by atoms with Crippen LogP contribution in [-0.4, -0.2) is 23.8 Å². The summed E-state index contributed by atoms with van der Waals surface area (Å²) in [6, 6.07) is 6.65. The molecule has 0 heterocycles. The first-order valence-corrected chi connectivity index (χ1v) is 5.80. The van der Waals surface area contributed by atoms with E-state index in [-0.39, 0.29) is 10.6 Å². The van der Waals surface area contributed by atoms with Gasteiger partial charge in [0.1, 0.15) is 0 Å². The van der Waals surface area contributed by atoms with Crippen LogP contribution in [-0.2, 0) is 0 Å². The van der Waals surface area contributed by atoms with Crippen LogP contribution in [0.4, 0.5) is 5.69 Å². The van der Waals surface area contributed by atoms with Gasteiger partial charge in [0.2, 0.25) is 0 Å².